The van der Waals surface area contributed by atoms with Crippen LogP contribution in [0.2, 0.25) is 0 Å². The number of H-pyrrole nitrogens is 1. The van der Waals surface area contributed by atoms with Crippen molar-refractivity contribution in [1.29, 1.82) is 0 Å². The van der Waals surface area contributed by atoms with Crippen molar-refractivity contribution in [3.63, 3.8) is 0 Å². The van der Waals surface area contributed by atoms with Crippen molar-refractivity contribution < 1.29 is 4.74 Å². The maximum atomic E-state index is 6.11. The molecule has 5 rings (SSSR count). The van der Waals surface area contributed by atoms with Crippen LogP contribution in [0.15, 0.2) is 30.6 Å². The first-order valence-electron chi connectivity index (χ1n) is 11.1. The second kappa shape index (κ2) is 7.35. The number of ether oxygens (including phenoxy) is 1. The van der Waals surface area contributed by atoms with Gasteiger partial charge in [-0.2, -0.15) is 5.10 Å². The molecule has 164 valence electrons. The number of hydrogen-bond acceptors (Lipinski definition) is 6. The molecule has 1 fully saturated rings. The molecule has 0 aliphatic carbocycles. The number of nitrogens with one attached hydrogen (secondary N) is 2. The topological polar surface area (TPSA) is 66.1 Å². The second-order valence-corrected chi connectivity index (χ2v) is 11.0. The number of thiazole rings is 1. The Bertz CT molecular complexity index is 1070. The van der Waals surface area contributed by atoms with Gasteiger partial charge in [-0.3, -0.25) is 5.10 Å². The summed E-state index contributed by atoms with van der Waals surface area (Å²) in [7, 11) is 0. The summed E-state index contributed by atoms with van der Waals surface area (Å²) in [6.07, 6.45) is 5.95. The number of anilines is 1. The SMILES string of the molecule is CCN(c1nc2c(s1)-c1ccc(-c3cn[nH]c3)cc1OC2)C1CC(C)(C)NC(C)(C)C1. The highest BCUT2D eigenvalue weighted by molar-refractivity contribution is 7.19. The fourth-order valence-electron chi connectivity index (χ4n) is 5.37. The molecule has 1 saturated heterocycles. The van der Waals surface area contributed by atoms with Crippen molar-refractivity contribution in [3.05, 3.63) is 36.3 Å². The molecule has 2 N–H and O–H groups in total. The number of rotatable bonds is 4. The first kappa shape index (κ1) is 20.5. The zero-order chi connectivity index (χ0) is 21.8. The minimum atomic E-state index is 0.107. The van der Waals surface area contributed by atoms with Crippen molar-refractivity contribution in [2.75, 3.05) is 11.4 Å². The van der Waals surface area contributed by atoms with Gasteiger partial charge in [0.05, 0.1) is 16.8 Å². The number of aromatic nitrogens is 3. The van der Waals surface area contributed by atoms with E-state index in [-0.39, 0.29) is 11.1 Å². The summed E-state index contributed by atoms with van der Waals surface area (Å²) in [5, 5.41) is 11.9. The van der Waals surface area contributed by atoms with Gasteiger partial charge in [-0.15, -0.1) is 0 Å². The Morgan fingerprint density at radius 1 is 1.16 bits per heavy atom. The lowest BCUT2D eigenvalue weighted by Crippen LogP contribution is -2.62. The predicted molar refractivity (Wildman–Crippen MR) is 127 cm³/mol. The van der Waals surface area contributed by atoms with Crippen LogP contribution in [0.1, 0.15) is 53.2 Å². The fourth-order valence-corrected chi connectivity index (χ4v) is 6.61. The standard InChI is InChI=1S/C24H31N5OS/c1-6-29(17-10-23(2,3)28-24(4,5)11-17)22-27-19-14-30-20-9-15(16-12-25-26-13-16)7-8-18(20)21(19)31-22/h7-9,12-13,17,28H,6,10-11,14H2,1-5H3,(H,25,26). The van der Waals surface area contributed by atoms with E-state index in [1.165, 1.54) is 4.88 Å². The van der Waals surface area contributed by atoms with Crippen molar-refractivity contribution in [3.8, 4) is 27.3 Å². The van der Waals surface area contributed by atoms with Crippen LogP contribution in [-0.4, -0.2) is 38.8 Å². The Balaban J connectivity index is 1.47. The van der Waals surface area contributed by atoms with Crippen LogP contribution >= 0.6 is 11.3 Å². The molecular formula is C24H31N5OS. The molecule has 6 nitrogen and oxygen atoms in total. The molecule has 31 heavy (non-hydrogen) atoms. The zero-order valence-electron chi connectivity index (χ0n) is 19.0. The Kier molecular flexibility index (Phi) is 4.86. The van der Waals surface area contributed by atoms with Crippen LogP contribution < -0.4 is 15.0 Å². The summed E-state index contributed by atoms with van der Waals surface area (Å²) in [6, 6.07) is 6.87. The maximum absolute atomic E-state index is 6.11. The third-order valence-electron chi connectivity index (χ3n) is 6.30. The van der Waals surface area contributed by atoms with Gasteiger partial charge in [0.25, 0.3) is 0 Å². The number of piperidine rings is 1. The van der Waals surface area contributed by atoms with Crippen molar-refractivity contribution >= 4 is 16.5 Å². The number of nitrogens with zero attached hydrogens (tertiary/aromatic N) is 3. The molecule has 0 radical (unpaired) electrons. The molecule has 4 heterocycles. The van der Waals surface area contributed by atoms with Crippen molar-refractivity contribution in [2.24, 2.45) is 0 Å². The molecule has 0 unspecified atom stereocenters. The molecule has 2 aromatic heterocycles. The average Bonchev–Trinajstić information content (AvgIpc) is 3.35. The highest BCUT2D eigenvalue weighted by Gasteiger charge is 2.40. The van der Waals surface area contributed by atoms with Crippen LogP contribution in [0.3, 0.4) is 0 Å². The van der Waals surface area contributed by atoms with Crippen molar-refractivity contribution in [1.82, 2.24) is 20.5 Å². The molecule has 0 amide bonds. The molecule has 3 aromatic rings. The number of hydrogen-bond donors (Lipinski definition) is 2. The molecule has 0 saturated carbocycles. The minimum absolute atomic E-state index is 0.107. The van der Waals surface area contributed by atoms with Gasteiger partial charge < -0.3 is 15.0 Å². The Morgan fingerprint density at radius 2 is 1.94 bits per heavy atom. The van der Waals surface area contributed by atoms with Crippen LogP contribution in [0, 0.1) is 0 Å². The monoisotopic (exact) mass is 437 g/mol. The van der Waals surface area contributed by atoms with Gasteiger partial charge in [0, 0.05) is 41.0 Å². The molecule has 1 aromatic carbocycles. The highest BCUT2D eigenvalue weighted by Crippen LogP contribution is 2.45. The minimum Gasteiger partial charge on any atom is -0.487 e. The zero-order valence-corrected chi connectivity index (χ0v) is 19.8. The van der Waals surface area contributed by atoms with Gasteiger partial charge >= 0.3 is 0 Å². The van der Waals surface area contributed by atoms with Gasteiger partial charge in [0.2, 0.25) is 0 Å². The summed E-state index contributed by atoms with van der Waals surface area (Å²) in [5.74, 6) is 0.925. The molecule has 0 spiro atoms. The third-order valence-corrected chi connectivity index (χ3v) is 7.47. The van der Waals surface area contributed by atoms with E-state index in [0.29, 0.717) is 12.6 Å². The molecule has 0 bridgehead atoms. The maximum Gasteiger partial charge on any atom is 0.186 e. The van der Waals surface area contributed by atoms with E-state index in [1.54, 1.807) is 11.3 Å². The van der Waals surface area contributed by atoms with E-state index in [9.17, 15) is 0 Å². The number of benzene rings is 1. The molecule has 0 atom stereocenters. The lowest BCUT2D eigenvalue weighted by molar-refractivity contribution is 0.159. The van der Waals surface area contributed by atoms with E-state index < -0.39 is 0 Å². The number of aromatic amines is 1. The lowest BCUT2D eigenvalue weighted by atomic mass is 9.79. The van der Waals surface area contributed by atoms with E-state index in [1.807, 2.05) is 12.4 Å². The summed E-state index contributed by atoms with van der Waals surface area (Å²) in [4.78, 5) is 8.79. The third kappa shape index (κ3) is 3.85. The molecular weight excluding hydrogens is 406 g/mol. The predicted octanol–water partition coefficient (Wildman–Crippen LogP) is 5.23. The number of fused-ring (bicyclic) bond motifs is 3. The Hall–Kier alpha value is -2.38. The summed E-state index contributed by atoms with van der Waals surface area (Å²) >= 11 is 1.80. The van der Waals surface area contributed by atoms with Crippen LogP contribution in [-0.2, 0) is 6.61 Å². The van der Waals surface area contributed by atoms with Gasteiger partial charge in [0.15, 0.2) is 5.13 Å². The van der Waals surface area contributed by atoms with Crippen LogP contribution in [0.5, 0.6) is 5.75 Å². The Morgan fingerprint density at radius 3 is 2.61 bits per heavy atom. The van der Waals surface area contributed by atoms with Gasteiger partial charge in [-0.1, -0.05) is 17.4 Å². The van der Waals surface area contributed by atoms with Gasteiger partial charge in [-0.25, -0.2) is 4.98 Å². The van der Waals surface area contributed by atoms with Crippen LogP contribution in [0.25, 0.3) is 21.6 Å². The summed E-state index contributed by atoms with van der Waals surface area (Å²) in [6.45, 7) is 13.0. The first-order chi connectivity index (χ1) is 14.7. The Labute approximate surface area is 188 Å². The fraction of sp³-hybridized carbons (Fsp3) is 0.500. The second-order valence-electron chi connectivity index (χ2n) is 10.00. The molecule has 2 aliphatic rings. The molecule has 7 heteroatoms. The summed E-state index contributed by atoms with van der Waals surface area (Å²) < 4.78 is 6.11. The smallest absolute Gasteiger partial charge is 0.186 e. The van der Waals surface area contributed by atoms with Gasteiger partial charge in [-0.05, 0) is 65.2 Å². The van der Waals surface area contributed by atoms with Crippen molar-refractivity contribution in [2.45, 2.75) is 71.2 Å². The van der Waals surface area contributed by atoms with Crippen LogP contribution in [0.4, 0.5) is 5.13 Å². The van der Waals surface area contributed by atoms with E-state index >= 15 is 0 Å². The molecule has 2 aliphatic heterocycles. The van der Waals surface area contributed by atoms with E-state index in [4.69, 9.17) is 9.72 Å². The van der Waals surface area contributed by atoms with Gasteiger partial charge in [0.1, 0.15) is 12.4 Å². The highest BCUT2D eigenvalue weighted by atomic mass is 32.1. The van der Waals surface area contributed by atoms with E-state index in [0.717, 1.165) is 52.7 Å². The quantitative estimate of drug-likeness (QED) is 0.585. The summed E-state index contributed by atoms with van der Waals surface area (Å²) in [5.41, 5.74) is 4.57. The average molecular weight is 438 g/mol. The lowest BCUT2D eigenvalue weighted by Gasteiger charge is -2.49. The normalized spacial score (nSPS) is 19.4. The first-order valence-corrected chi connectivity index (χ1v) is 11.9. The van der Waals surface area contributed by atoms with E-state index in [2.05, 4.69) is 73.2 Å². The largest absolute Gasteiger partial charge is 0.487 e.